The third-order valence-corrected chi connectivity index (χ3v) is 5.17. The third-order valence-electron chi connectivity index (χ3n) is 5.17. The molecule has 8 heteroatoms. The summed E-state index contributed by atoms with van der Waals surface area (Å²) in [6.07, 6.45) is -1.05. The summed E-state index contributed by atoms with van der Waals surface area (Å²) in [6.45, 7) is 7.11. The number of aryl methyl sites for hydroxylation is 1. The highest BCUT2D eigenvalue weighted by Crippen LogP contribution is 2.27. The van der Waals surface area contributed by atoms with Gasteiger partial charge in [0.15, 0.2) is 0 Å². The first-order valence-electron chi connectivity index (χ1n) is 10.8. The fourth-order valence-electron chi connectivity index (χ4n) is 3.70. The molecule has 2 aromatic carbocycles. The van der Waals surface area contributed by atoms with Crippen molar-refractivity contribution in [3.63, 3.8) is 0 Å². The van der Waals surface area contributed by atoms with Crippen molar-refractivity contribution in [2.75, 3.05) is 13.7 Å². The molecule has 1 N–H and O–H groups in total. The van der Waals surface area contributed by atoms with E-state index in [1.54, 1.807) is 46.1 Å². The van der Waals surface area contributed by atoms with Crippen molar-refractivity contribution in [3.05, 3.63) is 65.2 Å². The summed E-state index contributed by atoms with van der Waals surface area (Å²) in [5, 5.41) is 2.64. The molecule has 1 aliphatic heterocycles. The van der Waals surface area contributed by atoms with Crippen LogP contribution in [0.2, 0.25) is 0 Å². The van der Waals surface area contributed by atoms with Crippen LogP contribution in [0.25, 0.3) is 0 Å². The molecule has 8 nitrogen and oxygen atoms in total. The minimum Gasteiger partial charge on any atom is -0.496 e. The normalized spacial score (nSPS) is 16.7. The van der Waals surface area contributed by atoms with Crippen LogP contribution in [0.4, 0.5) is 9.59 Å². The van der Waals surface area contributed by atoms with Crippen LogP contribution in [-0.4, -0.2) is 48.4 Å². The molecule has 3 rings (SSSR count). The highest BCUT2D eigenvalue weighted by atomic mass is 16.6. The molecule has 0 spiro atoms. The molecular formula is C25H30N2O6. The number of nitrogens with one attached hydrogen (secondary N) is 1. The Hall–Kier alpha value is -3.55. The van der Waals surface area contributed by atoms with Gasteiger partial charge in [-0.25, -0.2) is 14.5 Å². The van der Waals surface area contributed by atoms with Crippen LogP contribution in [0.5, 0.6) is 5.75 Å². The molecule has 0 saturated carbocycles. The average molecular weight is 455 g/mol. The zero-order valence-corrected chi connectivity index (χ0v) is 19.6. The van der Waals surface area contributed by atoms with E-state index in [2.05, 4.69) is 5.32 Å². The predicted octanol–water partition coefficient (Wildman–Crippen LogP) is 4.16. The number of cyclic esters (lactones) is 1. The molecule has 1 fully saturated rings. The van der Waals surface area contributed by atoms with Gasteiger partial charge in [-0.1, -0.05) is 36.4 Å². The Morgan fingerprint density at radius 2 is 1.88 bits per heavy atom. The second-order valence-electron chi connectivity index (χ2n) is 8.94. The maximum Gasteiger partial charge on any atom is 0.417 e. The van der Waals surface area contributed by atoms with Gasteiger partial charge in [0.25, 0.3) is 5.91 Å². The lowest BCUT2D eigenvalue weighted by Gasteiger charge is -2.27. The number of methoxy groups -OCH3 is 1. The van der Waals surface area contributed by atoms with Crippen molar-refractivity contribution in [2.45, 2.75) is 51.8 Å². The van der Waals surface area contributed by atoms with Crippen LogP contribution in [0.3, 0.4) is 0 Å². The monoisotopic (exact) mass is 454 g/mol. The van der Waals surface area contributed by atoms with Gasteiger partial charge in [0.05, 0.1) is 13.2 Å². The van der Waals surface area contributed by atoms with Crippen molar-refractivity contribution < 1.29 is 28.6 Å². The number of hydrogen-bond donors (Lipinski definition) is 1. The van der Waals surface area contributed by atoms with Gasteiger partial charge in [-0.2, -0.15) is 0 Å². The van der Waals surface area contributed by atoms with E-state index in [0.29, 0.717) is 17.7 Å². The van der Waals surface area contributed by atoms with Crippen LogP contribution in [-0.2, 0) is 20.7 Å². The quantitative estimate of drug-likeness (QED) is 0.704. The largest absolute Gasteiger partial charge is 0.496 e. The van der Waals surface area contributed by atoms with E-state index >= 15 is 0 Å². The fourth-order valence-corrected chi connectivity index (χ4v) is 3.70. The summed E-state index contributed by atoms with van der Waals surface area (Å²) < 4.78 is 15.9. The van der Waals surface area contributed by atoms with E-state index < -0.39 is 35.8 Å². The average Bonchev–Trinajstić information content (AvgIpc) is 3.11. The van der Waals surface area contributed by atoms with Gasteiger partial charge in [0.2, 0.25) is 0 Å². The molecule has 0 aromatic heterocycles. The van der Waals surface area contributed by atoms with E-state index in [1.165, 1.54) is 0 Å². The van der Waals surface area contributed by atoms with Crippen molar-refractivity contribution in [2.24, 2.45) is 0 Å². The van der Waals surface area contributed by atoms with E-state index in [0.717, 1.165) is 16.0 Å². The number of carbonyl (C=O) groups is 3. The zero-order valence-electron chi connectivity index (χ0n) is 19.6. The molecule has 0 radical (unpaired) electrons. The second-order valence-corrected chi connectivity index (χ2v) is 8.94. The lowest BCUT2D eigenvalue weighted by Crippen LogP contribution is -2.48. The van der Waals surface area contributed by atoms with Gasteiger partial charge >= 0.3 is 12.2 Å². The SMILES string of the molecule is COc1ccc([C@@H](NC(=O)OC(C)(C)C)C(=O)N2C(=O)OC[C@H]2Cc2ccccc2)cc1C. The highest BCUT2D eigenvalue weighted by molar-refractivity contribution is 5.98. The van der Waals surface area contributed by atoms with Crippen LogP contribution in [0.15, 0.2) is 48.5 Å². The molecule has 2 aromatic rings. The molecule has 1 aliphatic rings. The predicted molar refractivity (Wildman–Crippen MR) is 122 cm³/mol. The number of alkyl carbamates (subject to hydrolysis) is 1. The first-order valence-corrected chi connectivity index (χ1v) is 10.8. The smallest absolute Gasteiger partial charge is 0.417 e. The Morgan fingerprint density at radius 3 is 2.48 bits per heavy atom. The van der Waals surface area contributed by atoms with E-state index in [1.807, 2.05) is 37.3 Å². The van der Waals surface area contributed by atoms with Crippen molar-refractivity contribution in [3.8, 4) is 5.75 Å². The molecule has 0 aliphatic carbocycles. The molecule has 2 atom stereocenters. The van der Waals surface area contributed by atoms with Crippen molar-refractivity contribution >= 4 is 18.1 Å². The van der Waals surface area contributed by atoms with Crippen LogP contribution >= 0.6 is 0 Å². The van der Waals surface area contributed by atoms with Gasteiger partial charge < -0.3 is 19.5 Å². The minimum atomic E-state index is -1.15. The van der Waals surface area contributed by atoms with Gasteiger partial charge in [0.1, 0.15) is 24.0 Å². The second kappa shape index (κ2) is 9.94. The third kappa shape index (κ3) is 6.03. The summed E-state index contributed by atoms with van der Waals surface area (Å²) in [4.78, 5) is 39.9. The first kappa shape index (κ1) is 24.1. The van der Waals surface area contributed by atoms with E-state index in [4.69, 9.17) is 14.2 Å². The molecule has 33 heavy (non-hydrogen) atoms. The maximum atomic E-state index is 13.6. The molecule has 1 heterocycles. The van der Waals surface area contributed by atoms with Crippen LogP contribution in [0, 0.1) is 6.92 Å². The van der Waals surface area contributed by atoms with E-state index in [9.17, 15) is 14.4 Å². The number of nitrogens with zero attached hydrogens (tertiary/aromatic N) is 1. The number of ether oxygens (including phenoxy) is 3. The number of benzene rings is 2. The van der Waals surface area contributed by atoms with Crippen LogP contribution < -0.4 is 10.1 Å². The lowest BCUT2D eigenvalue weighted by molar-refractivity contribution is -0.131. The number of rotatable bonds is 6. The summed E-state index contributed by atoms with van der Waals surface area (Å²) in [7, 11) is 1.55. The fraction of sp³-hybridized carbons (Fsp3) is 0.400. The van der Waals surface area contributed by atoms with E-state index in [-0.39, 0.29) is 6.61 Å². The molecular weight excluding hydrogens is 424 g/mol. The number of hydrogen-bond acceptors (Lipinski definition) is 6. The highest BCUT2D eigenvalue weighted by Gasteiger charge is 2.42. The molecule has 0 bridgehead atoms. The standard InChI is InChI=1S/C25H30N2O6/c1-16-13-18(11-12-20(16)31-5)21(26-23(29)33-25(2,3)4)22(28)27-19(15-32-24(27)30)14-17-9-7-6-8-10-17/h6-13,19,21H,14-15H2,1-5H3,(H,26,29)/t19-,21-/m1/s1. The number of carbonyl (C=O) groups excluding carboxylic acids is 3. The Morgan fingerprint density at radius 1 is 1.18 bits per heavy atom. The molecule has 1 saturated heterocycles. The Kier molecular flexibility index (Phi) is 7.26. The Bertz CT molecular complexity index is 1020. The van der Waals surface area contributed by atoms with Crippen molar-refractivity contribution in [1.29, 1.82) is 0 Å². The molecule has 0 unspecified atom stereocenters. The zero-order chi connectivity index (χ0) is 24.2. The maximum absolute atomic E-state index is 13.6. The van der Waals surface area contributed by atoms with Gasteiger partial charge in [-0.15, -0.1) is 0 Å². The molecule has 176 valence electrons. The summed E-state index contributed by atoms with van der Waals surface area (Å²) in [5.41, 5.74) is 1.50. The van der Waals surface area contributed by atoms with Gasteiger partial charge in [-0.05, 0) is 62.9 Å². The van der Waals surface area contributed by atoms with Crippen molar-refractivity contribution in [1.82, 2.24) is 10.2 Å². The summed E-state index contributed by atoms with van der Waals surface area (Å²) in [6, 6.07) is 13.0. The lowest BCUT2D eigenvalue weighted by atomic mass is 10.0. The minimum absolute atomic E-state index is 0.0836. The Labute approximate surface area is 193 Å². The van der Waals surface area contributed by atoms with Gasteiger partial charge in [0, 0.05) is 0 Å². The Balaban J connectivity index is 1.92. The van der Waals surface area contributed by atoms with Gasteiger partial charge in [-0.3, -0.25) is 4.79 Å². The summed E-state index contributed by atoms with van der Waals surface area (Å²) >= 11 is 0. The number of amides is 3. The first-order chi connectivity index (χ1) is 15.6. The topological polar surface area (TPSA) is 94.2 Å². The molecule has 3 amide bonds. The number of imide groups is 1. The summed E-state index contributed by atoms with van der Waals surface area (Å²) in [5.74, 6) is 0.0543. The van der Waals surface area contributed by atoms with Crippen LogP contribution in [0.1, 0.15) is 43.5 Å².